The zero-order valence-electron chi connectivity index (χ0n) is 11.0. The van der Waals surface area contributed by atoms with Gasteiger partial charge >= 0.3 is 0 Å². The Morgan fingerprint density at radius 3 is 2.80 bits per heavy atom. The highest BCUT2D eigenvalue weighted by atomic mass is 32.1. The first-order chi connectivity index (χ1) is 9.54. The average molecular weight is 291 g/mol. The highest BCUT2D eigenvalue weighted by Gasteiger charge is 2.14. The summed E-state index contributed by atoms with van der Waals surface area (Å²) in [6.45, 7) is 0. The molecule has 1 aromatic carbocycles. The fourth-order valence-electron chi connectivity index (χ4n) is 1.67. The van der Waals surface area contributed by atoms with Crippen molar-refractivity contribution in [2.75, 3.05) is 12.4 Å². The number of benzene rings is 1. The van der Waals surface area contributed by atoms with Crippen LogP contribution in [0.15, 0.2) is 35.3 Å². The molecule has 0 saturated heterocycles. The van der Waals surface area contributed by atoms with Gasteiger partial charge in [0.15, 0.2) is 4.77 Å². The molecule has 2 aromatic rings. The number of aromatic amines is 1. The van der Waals surface area contributed by atoms with E-state index in [1.165, 1.54) is 24.9 Å². The standard InChI is InChI=1S/C13H13N3O3S/c1-16-12(18)8(7-14-13(16)20)11(17)15-9-5-3-4-6-10(9)19-2/h3-7H,1-2H3,(H,14,20)(H,15,17). The number of nitrogens with one attached hydrogen (secondary N) is 2. The molecular weight excluding hydrogens is 278 g/mol. The van der Waals surface area contributed by atoms with E-state index >= 15 is 0 Å². The lowest BCUT2D eigenvalue weighted by atomic mass is 10.2. The number of rotatable bonds is 3. The van der Waals surface area contributed by atoms with Crippen LogP contribution in [-0.2, 0) is 7.05 Å². The van der Waals surface area contributed by atoms with Crippen LogP contribution < -0.4 is 15.6 Å². The van der Waals surface area contributed by atoms with E-state index in [9.17, 15) is 9.59 Å². The SMILES string of the molecule is COc1ccccc1NC(=O)c1c[nH]c(=S)n(C)c1=O. The molecule has 0 aliphatic heterocycles. The molecule has 104 valence electrons. The Hall–Kier alpha value is -2.41. The van der Waals surface area contributed by atoms with Crippen LogP contribution in [0.5, 0.6) is 5.75 Å². The molecule has 1 aromatic heterocycles. The molecule has 2 rings (SSSR count). The molecule has 0 spiro atoms. The zero-order valence-corrected chi connectivity index (χ0v) is 11.8. The molecule has 0 unspecified atom stereocenters. The lowest BCUT2D eigenvalue weighted by Crippen LogP contribution is -2.28. The minimum absolute atomic E-state index is 0.0213. The van der Waals surface area contributed by atoms with Crippen molar-refractivity contribution < 1.29 is 9.53 Å². The van der Waals surface area contributed by atoms with Crippen molar-refractivity contribution in [1.82, 2.24) is 9.55 Å². The van der Waals surface area contributed by atoms with Gasteiger partial charge < -0.3 is 15.0 Å². The fraction of sp³-hybridized carbons (Fsp3) is 0.154. The van der Waals surface area contributed by atoms with Crippen LogP contribution in [-0.4, -0.2) is 22.6 Å². The van der Waals surface area contributed by atoms with Gasteiger partial charge in [0, 0.05) is 13.2 Å². The number of para-hydroxylation sites is 2. The Balaban J connectivity index is 2.36. The number of carbonyl (C=O) groups excluding carboxylic acids is 1. The third-order valence-electron chi connectivity index (χ3n) is 2.78. The van der Waals surface area contributed by atoms with Crippen LogP contribution in [0.2, 0.25) is 0 Å². The monoisotopic (exact) mass is 291 g/mol. The molecule has 7 heteroatoms. The normalized spacial score (nSPS) is 10.1. The predicted octanol–water partition coefficient (Wildman–Crippen LogP) is 1.70. The summed E-state index contributed by atoms with van der Waals surface area (Å²) in [5.41, 5.74) is 0.0117. The van der Waals surface area contributed by atoms with E-state index in [1.807, 2.05) is 0 Å². The number of hydrogen-bond donors (Lipinski definition) is 2. The first-order valence-corrected chi connectivity index (χ1v) is 6.18. The molecular formula is C13H13N3O3S. The Morgan fingerprint density at radius 2 is 2.10 bits per heavy atom. The van der Waals surface area contributed by atoms with Crippen LogP contribution in [0.25, 0.3) is 0 Å². The van der Waals surface area contributed by atoms with Gasteiger partial charge in [-0.3, -0.25) is 14.2 Å². The van der Waals surface area contributed by atoms with E-state index in [0.29, 0.717) is 11.4 Å². The van der Waals surface area contributed by atoms with Crippen LogP contribution in [0.3, 0.4) is 0 Å². The van der Waals surface area contributed by atoms with Gasteiger partial charge in [0.2, 0.25) is 0 Å². The van der Waals surface area contributed by atoms with Crippen molar-refractivity contribution in [2.24, 2.45) is 7.05 Å². The summed E-state index contributed by atoms with van der Waals surface area (Å²) in [4.78, 5) is 26.8. The van der Waals surface area contributed by atoms with Crippen LogP contribution in [0, 0.1) is 4.77 Å². The summed E-state index contributed by atoms with van der Waals surface area (Å²) in [6.07, 6.45) is 1.30. The molecule has 0 aliphatic carbocycles. The van der Waals surface area contributed by atoms with Crippen molar-refractivity contribution in [3.63, 3.8) is 0 Å². The summed E-state index contributed by atoms with van der Waals surface area (Å²) >= 11 is 4.91. The summed E-state index contributed by atoms with van der Waals surface area (Å²) in [5, 5.41) is 2.63. The number of amides is 1. The molecule has 0 fully saturated rings. The topological polar surface area (TPSA) is 76.1 Å². The van der Waals surface area contributed by atoms with Gasteiger partial charge in [-0.1, -0.05) is 12.1 Å². The van der Waals surface area contributed by atoms with Crippen molar-refractivity contribution in [2.45, 2.75) is 0 Å². The number of nitrogens with zero attached hydrogens (tertiary/aromatic N) is 1. The maximum atomic E-state index is 12.1. The molecule has 0 saturated carbocycles. The summed E-state index contributed by atoms with van der Waals surface area (Å²) in [5.74, 6) is -0.0112. The summed E-state index contributed by atoms with van der Waals surface area (Å²) in [6, 6.07) is 6.94. The van der Waals surface area contributed by atoms with Crippen molar-refractivity contribution in [1.29, 1.82) is 0 Å². The van der Waals surface area contributed by atoms with E-state index in [-0.39, 0.29) is 10.3 Å². The highest BCUT2D eigenvalue weighted by molar-refractivity contribution is 7.71. The van der Waals surface area contributed by atoms with Crippen molar-refractivity contribution in [3.05, 3.63) is 51.2 Å². The maximum absolute atomic E-state index is 12.1. The van der Waals surface area contributed by atoms with Crippen molar-refractivity contribution in [3.8, 4) is 5.75 Å². The van der Waals surface area contributed by atoms with Gasteiger partial charge in [-0.15, -0.1) is 0 Å². The van der Waals surface area contributed by atoms with Gasteiger partial charge in [0.25, 0.3) is 11.5 Å². The van der Waals surface area contributed by atoms with Gasteiger partial charge in [-0.05, 0) is 24.4 Å². The lowest BCUT2D eigenvalue weighted by Gasteiger charge is -2.09. The Kier molecular flexibility index (Phi) is 3.99. The fourth-order valence-corrected chi connectivity index (χ4v) is 1.81. The van der Waals surface area contributed by atoms with Crippen LogP contribution in [0.1, 0.15) is 10.4 Å². The van der Waals surface area contributed by atoms with Crippen LogP contribution >= 0.6 is 12.2 Å². The minimum Gasteiger partial charge on any atom is -0.495 e. The number of methoxy groups -OCH3 is 1. The molecule has 1 amide bonds. The average Bonchev–Trinajstić information content (AvgIpc) is 2.45. The quantitative estimate of drug-likeness (QED) is 0.844. The Bertz CT molecular complexity index is 764. The number of ether oxygens (including phenoxy) is 1. The zero-order chi connectivity index (χ0) is 14.7. The third kappa shape index (κ3) is 2.62. The number of H-pyrrole nitrogens is 1. The first kappa shape index (κ1) is 14.0. The van der Waals surface area contributed by atoms with Crippen molar-refractivity contribution >= 4 is 23.8 Å². The van der Waals surface area contributed by atoms with E-state index in [4.69, 9.17) is 17.0 Å². The van der Waals surface area contributed by atoms with E-state index in [2.05, 4.69) is 10.3 Å². The van der Waals surface area contributed by atoms with Gasteiger partial charge in [0.1, 0.15) is 11.3 Å². The first-order valence-electron chi connectivity index (χ1n) is 5.77. The number of aromatic nitrogens is 2. The smallest absolute Gasteiger partial charge is 0.266 e. The second kappa shape index (κ2) is 5.70. The lowest BCUT2D eigenvalue weighted by molar-refractivity contribution is 0.102. The Morgan fingerprint density at radius 1 is 1.40 bits per heavy atom. The Labute approximate surface area is 120 Å². The number of hydrogen-bond acceptors (Lipinski definition) is 4. The van der Waals surface area contributed by atoms with Gasteiger partial charge in [-0.25, -0.2) is 0 Å². The van der Waals surface area contributed by atoms with E-state index in [1.54, 1.807) is 24.3 Å². The molecule has 2 N–H and O–H groups in total. The molecule has 0 atom stereocenters. The second-order valence-electron chi connectivity index (χ2n) is 4.03. The number of anilines is 1. The van der Waals surface area contributed by atoms with E-state index < -0.39 is 11.5 Å². The van der Waals surface area contributed by atoms with Gasteiger partial charge in [-0.2, -0.15) is 0 Å². The molecule has 20 heavy (non-hydrogen) atoms. The second-order valence-corrected chi connectivity index (χ2v) is 4.41. The molecule has 0 aliphatic rings. The number of carbonyl (C=O) groups is 1. The highest BCUT2D eigenvalue weighted by Crippen LogP contribution is 2.23. The van der Waals surface area contributed by atoms with E-state index in [0.717, 1.165) is 0 Å². The van der Waals surface area contributed by atoms with Gasteiger partial charge in [0.05, 0.1) is 12.8 Å². The third-order valence-corrected chi connectivity index (χ3v) is 3.17. The molecule has 0 bridgehead atoms. The molecule has 0 radical (unpaired) electrons. The van der Waals surface area contributed by atoms with Crippen LogP contribution in [0.4, 0.5) is 5.69 Å². The maximum Gasteiger partial charge on any atom is 0.266 e. The molecule has 1 heterocycles. The largest absolute Gasteiger partial charge is 0.495 e. The predicted molar refractivity (Wildman–Crippen MR) is 77.8 cm³/mol. The minimum atomic E-state index is -0.527. The molecule has 6 nitrogen and oxygen atoms in total. The summed E-state index contributed by atoms with van der Waals surface area (Å²) < 4.78 is 6.59. The summed E-state index contributed by atoms with van der Waals surface area (Å²) in [7, 11) is 3.00.